The highest BCUT2D eigenvalue weighted by Crippen LogP contribution is 2.80. The van der Waals surface area contributed by atoms with Crippen LogP contribution in [0.4, 0.5) is 0 Å². The van der Waals surface area contributed by atoms with Crippen LogP contribution in [0.15, 0.2) is 0 Å². The fourth-order valence-electron chi connectivity index (χ4n) is 3.64. The van der Waals surface area contributed by atoms with E-state index in [0.717, 1.165) is 12.8 Å². The minimum Gasteiger partial charge on any atom is -0.469 e. The molecule has 4 bridgehead atoms. The molecule has 0 amide bonds. The van der Waals surface area contributed by atoms with Gasteiger partial charge in [0, 0.05) is 5.38 Å². The van der Waals surface area contributed by atoms with E-state index < -0.39 is 0 Å². The molecule has 0 heterocycles. The van der Waals surface area contributed by atoms with Gasteiger partial charge in [0.1, 0.15) is 0 Å². The van der Waals surface area contributed by atoms with Crippen LogP contribution in [0.3, 0.4) is 0 Å². The summed E-state index contributed by atoms with van der Waals surface area (Å²) in [5, 5.41) is 0.258. The number of hydrogen-bond acceptors (Lipinski definition) is 2. The topological polar surface area (TPSA) is 26.3 Å². The summed E-state index contributed by atoms with van der Waals surface area (Å²) in [4.78, 5) is 11.5. The molecule has 4 fully saturated rings. The Morgan fingerprint density at radius 3 is 2.75 bits per heavy atom. The van der Waals surface area contributed by atoms with Gasteiger partial charge in [-0.2, -0.15) is 0 Å². The number of carbonyl (C=O) groups is 1. The predicted molar refractivity (Wildman–Crippen MR) is 43.8 cm³/mol. The highest BCUT2D eigenvalue weighted by molar-refractivity contribution is 6.22. The molecule has 4 aliphatic carbocycles. The van der Waals surface area contributed by atoms with Gasteiger partial charge in [0.15, 0.2) is 0 Å². The summed E-state index contributed by atoms with van der Waals surface area (Å²) in [5.74, 6) is 1.61. The first kappa shape index (κ1) is 7.19. The van der Waals surface area contributed by atoms with E-state index in [1.807, 2.05) is 0 Å². The van der Waals surface area contributed by atoms with Crippen LogP contribution in [0.25, 0.3) is 0 Å². The van der Waals surface area contributed by atoms with Gasteiger partial charge in [-0.1, -0.05) is 0 Å². The minimum atomic E-state index is -0.119. The van der Waals surface area contributed by atoms with Gasteiger partial charge in [-0.15, -0.1) is 11.6 Å². The second-order valence-electron chi connectivity index (χ2n) is 4.31. The molecule has 1 unspecified atom stereocenters. The first-order valence-electron chi connectivity index (χ1n) is 4.44. The molecule has 4 saturated carbocycles. The normalized spacial score (nSPS) is 58.8. The number of hydrogen-bond donors (Lipinski definition) is 0. The number of halogens is 1. The van der Waals surface area contributed by atoms with Crippen molar-refractivity contribution in [3.8, 4) is 0 Å². The van der Waals surface area contributed by atoms with Crippen molar-refractivity contribution in [2.45, 2.75) is 18.2 Å². The SMILES string of the molecule is COC(=O)[C@@]12C[C@H]3C[C@@H]1[C@@H]2C3Cl. The van der Waals surface area contributed by atoms with Gasteiger partial charge in [0.25, 0.3) is 0 Å². The number of alkyl halides is 1. The van der Waals surface area contributed by atoms with Gasteiger partial charge in [-0.3, -0.25) is 4.79 Å². The monoisotopic (exact) mass is 186 g/mol. The molecule has 2 nitrogen and oxygen atoms in total. The van der Waals surface area contributed by atoms with E-state index in [2.05, 4.69) is 0 Å². The molecule has 0 N–H and O–H groups in total. The molecule has 0 aliphatic heterocycles. The molecule has 0 aromatic carbocycles. The van der Waals surface area contributed by atoms with E-state index >= 15 is 0 Å². The number of rotatable bonds is 1. The van der Waals surface area contributed by atoms with E-state index in [1.165, 1.54) is 7.11 Å². The van der Waals surface area contributed by atoms with Gasteiger partial charge >= 0.3 is 5.97 Å². The summed E-state index contributed by atoms with van der Waals surface area (Å²) < 4.78 is 4.83. The number of esters is 1. The van der Waals surface area contributed by atoms with E-state index in [-0.39, 0.29) is 16.8 Å². The Balaban J connectivity index is 1.96. The Morgan fingerprint density at radius 1 is 1.67 bits per heavy atom. The van der Waals surface area contributed by atoms with Crippen molar-refractivity contribution >= 4 is 17.6 Å². The predicted octanol–water partition coefficient (Wildman–Crippen LogP) is 1.42. The molecule has 0 aromatic rings. The molecular weight excluding hydrogens is 176 g/mol. The Bertz CT molecular complexity index is 265. The van der Waals surface area contributed by atoms with E-state index in [9.17, 15) is 4.79 Å². The van der Waals surface area contributed by atoms with Crippen LogP contribution in [0.5, 0.6) is 0 Å². The molecule has 0 saturated heterocycles. The smallest absolute Gasteiger partial charge is 0.312 e. The summed E-state index contributed by atoms with van der Waals surface area (Å²) in [7, 11) is 1.48. The Morgan fingerprint density at radius 2 is 2.42 bits per heavy atom. The quantitative estimate of drug-likeness (QED) is 0.458. The van der Waals surface area contributed by atoms with Crippen molar-refractivity contribution < 1.29 is 9.53 Å². The van der Waals surface area contributed by atoms with Crippen LogP contribution in [-0.2, 0) is 9.53 Å². The molecule has 5 atom stereocenters. The number of methoxy groups -OCH3 is 1. The van der Waals surface area contributed by atoms with Crippen molar-refractivity contribution in [2.24, 2.45) is 23.2 Å². The summed E-state index contributed by atoms with van der Waals surface area (Å²) >= 11 is 6.18. The summed E-state index contributed by atoms with van der Waals surface area (Å²) in [5.41, 5.74) is -0.119. The molecule has 3 heteroatoms. The number of ether oxygens (including phenoxy) is 1. The van der Waals surface area contributed by atoms with E-state index in [1.54, 1.807) is 0 Å². The average Bonchev–Trinajstić information content (AvgIpc) is 2.44. The molecule has 0 spiro atoms. The standard InChI is InChI=1S/C9H11ClO2/c1-12-8(11)9-3-4-2-5(9)6(9)7(4)10/h4-7H,2-3H2,1H3/t4-,5-,6-,7?,9+/m1/s1. The lowest BCUT2D eigenvalue weighted by atomic mass is 10.1. The van der Waals surface area contributed by atoms with Crippen molar-refractivity contribution in [1.29, 1.82) is 0 Å². The fourth-order valence-corrected chi connectivity index (χ4v) is 4.23. The van der Waals surface area contributed by atoms with E-state index in [0.29, 0.717) is 17.8 Å². The summed E-state index contributed by atoms with van der Waals surface area (Å²) in [6.07, 6.45) is 2.15. The van der Waals surface area contributed by atoms with Crippen LogP contribution < -0.4 is 0 Å². The Hall–Kier alpha value is -0.240. The maximum Gasteiger partial charge on any atom is 0.312 e. The van der Waals surface area contributed by atoms with Crippen LogP contribution in [0.2, 0.25) is 0 Å². The third kappa shape index (κ3) is 0.499. The highest BCUT2D eigenvalue weighted by atomic mass is 35.5. The van der Waals surface area contributed by atoms with Gasteiger partial charge < -0.3 is 4.74 Å². The molecule has 0 aromatic heterocycles. The summed E-state index contributed by atoms with van der Waals surface area (Å²) in [6.45, 7) is 0. The van der Waals surface area contributed by atoms with Gasteiger partial charge in [-0.05, 0) is 30.6 Å². The third-order valence-electron chi connectivity index (χ3n) is 4.10. The number of carbonyl (C=O) groups excluding carboxylic acids is 1. The lowest BCUT2D eigenvalue weighted by molar-refractivity contribution is -0.147. The highest BCUT2D eigenvalue weighted by Gasteiger charge is 2.82. The average molecular weight is 187 g/mol. The third-order valence-corrected chi connectivity index (χ3v) is 4.72. The largest absolute Gasteiger partial charge is 0.469 e. The zero-order chi connectivity index (χ0) is 8.51. The van der Waals surface area contributed by atoms with Gasteiger partial charge in [0.05, 0.1) is 12.5 Å². The zero-order valence-electron chi connectivity index (χ0n) is 6.92. The molecule has 4 rings (SSSR count). The lowest BCUT2D eigenvalue weighted by Crippen LogP contribution is -2.17. The van der Waals surface area contributed by atoms with Crippen molar-refractivity contribution in [3.63, 3.8) is 0 Å². The van der Waals surface area contributed by atoms with Crippen LogP contribution in [0, 0.1) is 23.2 Å². The Kier molecular flexibility index (Phi) is 1.09. The molecule has 4 aliphatic rings. The van der Waals surface area contributed by atoms with Crippen molar-refractivity contribution in [3.05, 3.63) is 0 Å². The van der Waals surface area contributed by atoms with Crippen LogP contribution >= 0.6 is 11.6 Å². The maximum atomic E-state index is 11.5. The van der Waals surface area contributed by atoms with Crippen LogP contribution in [-0.4, -0.2) is 18.5 Å². The van der Waals surface area contributed by atoms with Crippen molar-refractivity contribution in [2.75, 3.05) is 7.11 Å². The Labute approximate surface area is 76.2 Å². The zero-order valence-corrected chi connectivity index (χ0v) is 7.67. The van der Waals surface area contributed by atoms with Gasteiger partial charge in [-0.25, -0.2) is 0 Å². The maximum absolute atomic E-state index is 11.5. The second-order valence-corrected chi connectivity index (χ2v) is 4.81. The van der Waals surface area contributed by atoms with Crippen molar-refractivity contribution in [1.82, 2.24) is 0 Å². The second kappa shape index (κ2) is 1.82. The first-order valence-corrected chi connectivity index (χ1v) is 4.88. The minimum absolute atomic E-state index is 0.0110. The summed E-state index contributed by atoms with van der Waals surface area (Å²) in [6, 6.07) is 0. The first-order chi connectivity index (χ1) is 5.71. The molecule has 0 radical (unpaired) electrons. The molecular formula is C9H11ClO2. The van der Waals surface area contributed by atoms with E-state index in [4.69, 9.17) is 16.3 Å². The molecule has 12 heavy (non-hydrogen) atoms. The van der Waals surface area contributed by atoms with Gasteiger partial charge in [0.2, 0.25) is 0 Å². The fraction of sp³-hybridized carbons (Fsp3) is 0.889. The molecule has 66 valence electrons. The van der Waals surface area contributed by atoms with Crippen LogP contribution in [0.1, 0.15) is 12.8 Å². The lowest BCUT2D eigenvalue weighted by Gasteiger charge is -2.06.